The van der Waals surface area contributed by atoms with Crippen LogP contribution in [0.2, 0.25) is 5.02 Å². The van der Waals surface area contributed by atoms with Gasteiger partial charge in [0.2, 0.25) is 0 Å². The number of hydrogen-bond donors (Lipinski definition) is 3. The molecular weight excluding hydrogens is 437 g/mol. The largest absolute Gasteiger partial charge is 0.358 e. The first-order valence-electron chi connectivity index (χ1n) is 9.51. The third-order valence-corrected chi connectivity index (χ3v) is 5.10. The maximum absolute atomic E-state index is 13.4. The molecule has 3 N–H and O–H groups in total. The van der Waals surface area contributed by atoms with Gasteiger partial charge in [0.1, 0.15) is 23.5 Å². The lowest BCUT2D eigenvalue weighted by atomic mass is 10.2. The van der Waals surface area contributed by atoms with Crippen molar-refractivity contribution < 1.29 is 4.39 Å². The highest BCUT2D eigenvalue weighted by atomic mass is 35.5. The molecule has 32 heavy (non-hydrogen) atoms. The van der Waals surface area contributed by atoms with Crippen LogP contribution in [-0.2, 0) is 0 Å². The number of aromatic nitrogens is 7. The average Bonchev–Trinajstić information content (AvgIpc) is 3.27. The van der Waals surface area contributed by atoms with E-state index in [4.69, 9.17) is 11.6 Å². The van der Waals surface area contributed by atoms with Crippen LogP contribution in [-0.4, -0.2) is 34.6 Å². The molecule has 0 amide bonds. The highest BCUT2D eigenvalue weighted by Crippen LogP contribution is 2.24. The molecule has 0 aliphatic rings. The van der Waals surface area contributed by atoms with Crippen LogP contribution >= 0.6 is 11.6 Å². The van der Waals surface area contributed by atoms with Crippen molar-refractivity contribution in [2.24, 2.45) is 0 Å². The highest BCUT2D eigenvalue weighted by Gasteiger charge is 2.20. The first kappa shape index (κ1) is 19.8. The van der Waals surface area contributed by atoms with Gasteiger partial charge in [-0.1, -0.05) is 17.7 Å². The number of aromatic amines is 1. The Kier molecular flexibility index (Phi) is 4.86. The second-order valence-electron chi connectivity index (χ2n) is 6.91. The molecular formula is C20H15ClFN9O. The number of pyridine rings is 1. The van der Waals surface area contributed by atoms with Crippen molar-refractivity contribution in [2.45, 2.75) is 13.0 Å². The van der Waals surface area contributed by atoms with E-state index in [0.717, 1.165) is 6.20 Å². The van der Waals surface area contributed by atoms with Crippen LogP contribution in [0.3, 0.4) is 0 Å². The molecule has 0 radical (unpaired) electrons. The fourth-order valence-electron chi connectivity index (χ4n) is 3.31. The summed E-state index contributed by atoms with van der Waals surface area (Å²) in [4.78, 5) is 37.5. The monoisotopic (exact) mass is 451 g/mol. The number of nitrogens with one attached hydrogen (secondary N) is 3. The molecule has 0 aliphatic heterocycles. The van der Waals surface area contributed by atoms with E-state index < -0.39 is 17.4 Å². The first-order chi connectivity index (χ1) is 15.5. The van der Waals surface area contributed by atoms with Crippen molar-refractivity contribution in [3.63, 3.8) is 0 Å². The molecule has 0 saturated carbocycles. The molecule has 0 fully saturated rings. The molecule has 0 bridgehead atoms. The summed E-state index contributed by atoms with van der Waals surface area (Å²) in [6.45, 7) is 1.82. The zero-order chi connectivity index (χ0) is 22.2. The van der Waals surface area contributed by atoms with Crippen molar-refractivity contribution in [3.05, 3.63) is 76.2 Å². The van der Waals surface area contributed by atoms with Gasteiger partial charge in [-0.3, -0.25) is 10.2 Å². The fourth-order valence-corrected chi connectivity index (χ4v) is 3.56. The Morgan fingerprint density at radius 3 is 2.84 bits per heavy atom. The van der Waals surface area contributed by atoms with E-state index in [9.17, 15) is 9.18 Å². The van der Waals surface area contributed by atoms with Gasteiger partial charge in [-0.25, -0.2) is 34.0 Å². The van der Waals surface area contributed by atoms with Crippen molar-refractivity contribution in [2.75, 3.05) is 10.7 Å². The molecule has 0 spiro atoms. The SMILES string of the molecule is C[C@H](Nc1ncnc2nc[nH]c12)c1nc2cccc(Cl)c2c(=O)n1Nc1ccc(F)cn1. The lowest BCUT2D eigenvalue weighted by Gasteiger charge is -2.20. The molecule has 10 nitrogen and oxygen atoms in total. The number of imidazole rings is 1. The van der Waals surface area contributed by atoms with E-state index in [-0.39, 0.29) is 16.2 Å². The Balaban J connectivity index is 1.64. The second-order valence-corrected chi connectivity index (χ2v) is 7.31. The minimum Gasteiger partial charge on any atom is -0.358 e. The highest BCUT2D eigenvalue weighted by molar-refractivity contribution is 6.35. The van der Waals surface area contributed by atoms with Crippen LogP contribution in [0.25, 0.3) is 22.1 Å². The Morgan fingerprint density at radius 1 is 1.16 bits per heavy atom. The van der Waals surface area contributed by atoms with Crippen LogP contribution < -0.4 is 16.3 Å². The quantitative estimate of drug-likeness (QED) is 0.371. The van der Waals surface area contributed by atoms with Crippen LogP contribution in [0, 0.1) is 5.82 Å². The number of rotatable bonds is 5. The van der Waals surface area contributed by atoms with E-state index in [1.807, 2.05) is 6.92 Å². The number of H-pyrrole nitrogens is 1. The van der Waals surface area contributed by atoms with Crippen molar-refractivity contribution in [3.8, 4) is 0 Å². The smallest absolute Gasteiger partial charge is 0.281 e. The summed E-state index contributed by atoms with van der Waals surface area (Å²) in [5.74, 6) is 0.590. The molecule has 0 aliphatic carbocycles. The van der Waals surface area contributed by atoms with E-state index >= 15 is 0 Å². The maximum atomic E-state index is 13.4. The molecule has 4 heterocycles. The molecule has 0 saturated heterocycles. The van der Waals surface area contributed by atoms with Gasteiger partial charge in [0.25, 0.3) is 5.56 Å². The molecule has 5 rings (SSSR count). The lowest BCUT2D eigenvalue weighted by Crippen LogP contribution is -2.33. The number of fused-ring (bicyclic) bond motifs is 2. The summed E-state index contributed by atoms with van der Waals surface area (Å²) in [5, 5.41) is 3.75. The second kappa shape index (κ2) is 7.85. The summed E-state index contributed by atoms with van der Waals surface area (Å²) in [6.07, 6.45) is 3.95. The normalized spacial score (nSPS) is 12.2. The molecule has 1 aromatic carbocycles. The minimum absolute atomic E-state index is 0.248. The van der Waals surface area contributed by atoms with Crippen LogP contribution in [0.5, 0.6) is 0 Å². The number of anilines is 2. The predicted octanol–water partition coefficient (Wildman–Crippen LogP) is 3.30. The van der Waals surface area contributed by atoms with Crippen molar-refractivity contribution in [1.29, 1.82) is 0 Å². The lowest BCUT2D eigenvalue weighted by molar-refractivity contribution is 0.621. The fraction of sp³-hybridized carbons (Fsp3) is 0.100. The van der Waals surface area contributed by atoms with Crippen molar-refractivity contribution in [1.82, 2.24) is 34.6 Å². The van der Waals surface area contributed by atoms with Crippen molar-refractivity contribution >= 4 is 45.3 Å². The zero-order valence-corrected chi connectivity index (χ0v) is 17.3. The maximum Gasteiger partial charge on any atom is 0.281 e. The van der Waals surface area contributed by atoms with Crippen LogP contribution in [0.4, 0.5) is 16.0 Å². The van der Waals surface area contributed by atoms with Gasteiger partial charge >= 0.3 is 0 Å². The predicted molar refractivity (Wildman–Crippen MR) is 118 cm³/mol. The van der Waals surface area contributed by atoms with Gasteiger partial charge in [-0.05, 0) is 31.2 Å². The number of hydrogen-bond acceptors (Lipinski definition) is 8. The first-order valence-corrected chi connectivity index (χ1v) is 9.89. The van der Waals surface area contributed by atoms with E-state index in [1.54, 1.807) is 18.2 Å². The number of halogens is 2. The average molecular weight is 452 g/mol. The summed E-state index contributed by atoms with van der Waals surface area (Å²) in [5.41, 5.74) is 4.02. The van der Waals surface area contributed by atoms with Gasteiger partial charge in [0.15, 0.2) is 17.3 Å². The summed E-state index contributed by atoms with van der Waals surface area (Å²) >= 11 is 6.28. The number of nitrogens with zero attached hydrogens (tertiary/aromatic N) is 6. The molecule has 4 aromatic heterocycles. The Bertz CT molecular complexity index is 1500. The molecule has 12 heteroatoms. The summed E-state index contributed by atoms with van der Waals surface area (Å²) in [7, 11) is 0. The minimum atomic E-state index is -0.500. The van der Waals surface area contributed by atoms with Gasteiger partial charge in [-0.2, -0.15) is 0 Å². The van der Waals surface area contributed by atoms with Gasteiger partial charge in [0.05, 0.1) is 34.5 Å². The van der Waals surface area contributed by atoms with E-state index in [2.05, 4.69) is 40.6 Å². The summed E-state index contributed by atoms with van der Waals surface area (Å²) in [6, 6.07) is 7.19. The van der Waals surface area contributed by atoms with E-state index in [0.29, 0.717) is 28.3 Å². The van der Waals surface area contributed by atoms with Gasteiger partial charge in [0, 0.05) is 0 Å². The topological polar surface area (TPSA) is 126 Å². The third-order valence-electron chi connectivity index (χ3n) is 4.79. The molecule has 160 valence electrons. The van der Waals surface area contributed by atoms with Crippen LogP contribution in [0.1, 0.15) is 18.8 Å². The standard InChI is InChI=1S/C20H15ClFN9O/c1-10(28-18-16-17(25-8-24-16)26-9-27-18)19-29-13-4-2-3-12(21)15(13)20(32)31(19)30-14-6-5-11(22)7-23-14/h2-10H,1H3,(H,23,30)(H2,24,25,26,27,28)/t10-/m0/s1. The van der Waals surface area contributed by atoms with Crippen LogP contribution in [0.15, 0.2) is 54.0 Å². The Labute approximate surface area is 184 Å². The molecule has 0 unspecified atom stereocenters. The van der Waals surface area contributed by atoms with Gasteiger partial charge in [-0.15, -0.1) is 0 Å². The number of benzene rings is 1. The Morgan fingerprint density at radius 2 is 2.03 bits per heavy atom. The molecule has 1 atom stereocenters. The molecule has 5 aromatic rings. The third kappa shape index (κ3) is 3.48. The summed E-state index contributed by atoms with van der Waals surface area (Å²) < 4.78 is 14.5. The van der Waals surface area contributed by atoms with E-state index in [1.165, 1.54) is 29.5 Å². The van der Waals surface area contributed by atoms with Gasteiger partial charge < -0.3 is 10.3 Å². The zero-order valence-electron chi connectivity index (χ0n) is 16.5. The Hall–Kier alpha value is -4.12.